The van der Waals surface area contributed by atoms with E-state index in [1.54, 1.807) is 11.5 Å². The van der Waals surface area contributed by atoms with Gasteiger partial charge in [0.05, 0.1) is 6.54 Å². The highest BCUT2D eigenvalue weighted by molar-refractivity contribution is 7.89. The summed E-state index contributed by atoms with van der Waals surface area (Å²) in [4.78, 5) is 27.1. The Kier molecular flexibility index (Phi) is 4.15. The molecule has 1 aromatic rings. The first-order chi connectivity index (χ1) is 9.77. The predicted octanol–water partition coefficient (Wildman–Crippen LogP) is -0.363. The Labute approximate surface area is 123 Å². The first-order valence-corrected chi connectivity index (χ1v) is 8.10. The van der Waals surface area contributed by atoms with Crippen LogP contribution in [0.15, 0.2) is 11.2 Å². The maximum absolute atomic E-state index is 12.6. The zero-order chi connectivity index (χ0) is 15.8. The van der Waals surface area contributed by atoms with Crippen molar-refractivity contribution in [2.75, 3.05) is 6.54 Å². The molecule has 1 unspecified atom stereocenters. The van der Waals surface area contributed by atoms with E-state index in [2.05, 4.69) is 10.3 Å². The molecule has 1 saturated heterocycles. The molecule has 1 aliphatic heterocycles. The number of piperazine rings is 1. The molecule has 0 radical (unpaired) electrons. The van der Waals surface area contributed by atoms with Crippen LogP contribution in [-0.4, -0.2) is 46.7 Å². The number of hydrogen-bond donors (Lipinski definition) is 1. The number of imidazole rings is 1. The van der Waals surface area contributed by atoms with Gasteiger partial charge in [0.2, 0.25) is 11.8 Å². The van der Waals surface area contributed by atoms with E-state index in [-0.39, 0.29) is 11.6 Å². The van der Waals surface area contributed by atoms with Crippen LogP contribution in [0.3, 0.4) is 0 Å². The first kappa shape index (κ1) is 15.6. The number of nitrogens with zero attached hydrogens (tertiary/aromatic N) is 3. The van der Waals surface area contributed by atoms with Crippen molar-refractivity contribution < 1.29 is 18.0 Å². The molecule has 0 saturated carbocycles. The molecule has 116 valence electrons. The lowest BCUT2D eigenvalue weighted by Crippen LogP contribution is -2.58. The lowest BCUT2D eigenvalue weighted by molar-refractivity contribution is -0.136. The van der Waals surface area contributed by atoms with Crippen LogP contribution >= 0.6 is 0 Å². The SMILES string of the molecule is CCCn1cc(S(=O)(=O)N2CC(=O)NC(=O)C2C)nc1C. The number of sulfonamides is 1. The molecule has 0 aromatic carbocycles. The molecule has 1 aliphatic rings. The molecule has 8 nitrogen and oxygen atoms in total. The van der Waals surface area contributed by atoms with Crippen molar-refractivity contribution in [3.8, 4) is 0 Å². The second-order valence-electron chi connectivity index (χ2n) is 4.96. The van der Waals surface area contributed by atoms with Crippen molar-refractivity contribution in [2.45, 2.75) is 44.8 Å². The molecule has 21 heavy (non-hydrogen) atoms. The number of aromatic nitrogens is 2. The van der Waals surface area contributed by atoms with Crippen molar-refractivity contribution in [3.63, 3.8) is 0 Å². The maximum atomic E-state index is 12.6. The van der Waals surface area contributed by atoms with Gasteiger partial charge in [-0.05, 0) is 20.3 Å². The topological polar surface area (TPSA) is 101 Å². The first-order valence-electron chi connectivity index (χ1n) is 6.66. The average Bonchev–Trinajstić information content (AvgIpc) is 2.76. The largest absolute Gasteiger partial charge is 0.334 e. The van der Waals surface area contributed by atoms with E-state index in [1.165, 1.54) is 13.1 Å². The number of nitrogens with one attached hydrogen (secondary N) is 1. The Morgan fingerprint density at radius 1 is 1.43 bits per heavy atom. The summed E-state index contributed by atoms with van der Waals surface area (Å²) in [6.07, 6.45) is 2.29. The summed E-state index contributed by atoms with van der Waals surface area (Å²) in [5, 5.41) is 1.97. The molecule has 2 rings (SSSR count). The zero-order valence-corrected chi connectivity index (χ0v) is 13.0. The van der Waals surface area contributed by atoms with Crippen molar-refractivity contribution in [3.05, 3.63) is 12.0 Å². The van der Waals surface area contributed by atoms with Gasteiger partial charge in [0.1, 0.15) is 11.9 Å². The van der Waals surface area contributed by atoms with E-state index in [1.807, 2.05) is 6.92 Å². The van der Waals surface area contributed by atoms with Crippen LogP contribution in [0.2, 0.25) is 0 Å². The highest BCUT2D eigenvalue weighted by Gasteiger charge is 2.40. The number of hydrogen-bond acceptors (Lipinski definition) is 5. The van der Waals surface area contributed by atoms with E-state index in [9.17, 15) is 18.0 Å². The van der Waals surface area contributed by atoms with Crippen LogP contribution in [-0.2, 0) is 26.2 Å². The summed E-state index contributed by atoms with van der Waals surface area (Å²) < 4.78 is 27.8. The number of rotatable bonds is 4. The maximum Gasteiger partial charge on any atom is 0.263 e. The Morgan fingerprint density at radius 3 is 2.71 bits per heavy atom. The average molecular weight is 314 g/mol. The lowest BCUT2D eigenvalue weighted by atomic mass is 10.2. The van der Waals surface area contributed by atoms with E-state index >= 15 is 0 Å². The van der Waals surface area contributed by atoms with Gasteiger partial charge in [0.15, 0.2) is 5.03 Å². The second-order valence-corrected chi connectivity index (χ2v) is 6.80. The quantitative estimate of drug-likeness (QED) is 0.765. The monoisotopic (exact) mass is 314 g/mol. The normalized spacial score (nSPS) is 20.6. The van der Waals surface area contributed by atoms with E-state index in [0.717, 1.165) is 10.7 Å². The van der Waals surface area contributed by atoms with Crippen molar-refractivity contribution in [1.82, 2.24) is 19.2 Å². The molecule has 2 amide bonds. The van der Waals surface area contributed by atoms with Crippen LogP contribution in [0.4, 0.5) is 0 Å². The van der Waals surface area contributed by atoms with Gasteiger partial charge in [-0.25, -0.2) is 13.4 Å². The molecular weight excluding hydrogens is 296 g/mol. The van der Waals surface area contributed by atoms with Gasteiger partial charge in [-0.15, -0.1) is 0 Å². The molecule has 9 heteroatoms. The fourth-order valence-electron chi connectivity index (χ4n) is 2.17. The minimum Gasteiger partial charge on any atom is -0.334 e. The van der Waals surface area contributed by atoms with Gasteiger partial charge < -0.3 is 4.57 Å². The van der Waals surface area contributed by atoms with Gasteiger partial charge in [0.25, 0.3) is 10.0 Å². The van der Waals surface area contributed by atoms with Crippen molar-refractivity contribution >= 4 is 21.8 Å². The molecule has 0 aliphatic carbocycles. The van der Waals surface area contributed by atoms with Crippen molar-refractivity contribution in [2.24, 2.45) is 0 Å². The molecule has 1 aromatic heterocycles. The summed E-state index contributed by atoms with van der Waals surface area (Å²) in [5.74, 6) is -0.679. The van der Waals surface area contributed by atoms with Crippen molar-refractivity contribution in [1.29, 1.82) is 0 Å². The van der Waals surface area contributed by atoms with Crippen LogP contribution < -0.4 is 5.32 Å². The van der Waals surface area contributed by atoms with Crippen LogP contribution in [0.1, 0.15) is 26.1 Å². The highest BCUT2D eigenvalue weighted by Crippen LogP contribution is 2.19. The standard InChI is InChI=1S/C12H18N4O4S/c1-4-5-15-7-11(13-9(15)3)21(19,20)16-6-10(17)14-12(18)8(16)2/h7-8H,4-6H2,1-3H3,(H,14,17,18). The van der Waals surface area contributed by atoms with Gasteiger partial charge in [-0.2, -0.15) is 4.31 Å². The Balaban J connectivity index is 2.39. The Hall–Kier alpha value is -1.74. The molecule has 1 N–H and O–H groups in total. The van der Waals surface area contributed by atoms with Crippen LogP contribution in [0, 0.1) is 6.92 Å². The lowest BCUT2D eigenvalue weighted by Gasteiger charge is -2.29. The highest BCUT2D eigenvalue weighted by atomic mass is 32.2. The van der Waals surface area contributed by atoms with Crippen LogP contribution in [0.5, 0.6) is 0 Å². The van der Waals surface area contributed by atoms with Gasteiger partial charge >= 0.3 is 0 Å². The number of aryl methyl sites for hydroxylation is 2. The summed E-state index contributed by atoms with van der Waals surface area (Å²) in [6.45, 7) is 5.41. The third kappa shape index (κ3) is 2.84. The summed E-state index contributed by atoms with van der Waals surface area (Å²) in [5.41, 5.74) is 0. The third-order valence-corrected chi connectivity index (χ3v) is 5.15. The van der Waals surface area contributed by atoms with Gasteiger partial charge in [0, 0.05) is 12.7 Å². The summed E-state index contributed by atoms with van der Waals surface area (Å²) >= 11 is 0. The fraction of sp³-hybridized carbons (Fsp3) is 0.583. The minimum atomic E-state index is -3.98. The molecule has 2 heterocycles. The number of imide groups is 1. The zero-order valence-electron chi connectivity index (χ0n) is 12.2. The second kappa shape index (κ2) is 5.57. The summed E-state index contributed by atoms with van der Waals surface area (Å²) in [7, 11) is -3.98. The number of carbonyl (C=O) groups excluding carboxylic acids is 2. The predicted molar refractivity (Wildman–Crippen MR) is 73.8 cm³/mol. The van der Waals surface area contributed by atoms with Gasteiger partial charge in [-0.1, -0.05) is 6.92 Å². The van der Waals surface area contributed by atoms with E-state index in [4.69, 9.17) is 0 Å². The minimum absolute atomic E-state index is 0.136. The van der Waals surface area contributed by atoms with Crippen LogP contribution in [0.25, 0.3) is 0 Å². The number of carbonyl (C=O) groups is 2. The Bertz CT molecular complexity index is 679. The van der Waals surface area contributed by atoms with E-state index in [0.29, 0.717) is 12.4 Å². The molecule has 1 fully saturated rings. The molecule has 0 bridgehead atoms. The third-order valence-electron chi connectivity index (χ3n) is 3.36. The fourth-order valence-corrected chi connectivity index (χ4v) is 3.72. The molecule has 0 spiro atoms. The smallest absolute Gasteiger partial charge is 0.263 e. The molecule has 1 atom stereocenters. The molecular formula is C12H18N4O4S. The Morgan fingerprint density at radius 2 is 2.10 bits per heavy atom. The number of amides is 2. The summed E-state index contributed by atoms with van der Waals surface area (Å²) in [6, 6.07) is -0.940. The van der Waals surface area contributed by atoms with E-state index < -0.39 is 27.9 Å². The van der Waals surface area contributed by atoms with Gasteiger partial charge in [-0.3, -0.25) is 14.9 Å².